The Kier molecular flexibility index (Phi) is 5.30. The molecule has 2 rings (SSSR count). The number of halogens is 1. The van der Waals surface area contributed by atoms with E-state index in [4.69, 9.17) is 4.74 Å². The zero-order chi connectivity index (χ0) is 13.7. The number of aromatic nitrogens is 2. The highest BCUT2D eigenvalue weighted by Crippen LogP contribution is 2.33. The molecule has 2 aromatic rings. The van der Waals surface area contributed by atoms with E-state index < -0.39 is 0 Å². The van der Waals surface area contributed by atoms with Gasteiger partial charge < -0.3 is 10.1 Å². The summed E-state index contributed by atoms with van der Waals surface area (Å²) in [6.45, 7) is 4.01. The molecule has 1 aromatic carbocycles. The Hall–Kier alpha value is -0.980. The smallest absolute Gasteiger partial charge is 0.149 e. The van der Waals surface area contributed by atoms with Crippen molar-refractivity contribution in [1.82, 2.24) is 15.5 Å². The van der Waals surface area contributed by atoms with Crippen LogP contribution < -0.4 is 10.1 Å². The predicted octanol–water partition coefficient (Wildman–Crippen LogP) is 3.13. The molecule has 19 heavy (non-hydrogen) atoms. The molecule has 0 amide bonds. The van der Waals surface area contributed by atoms with Gasteiger partial charge >= 0.3 is 0 Å². The lowest BCUT2D eigenvalue weighted by Gasteiger charge is -2.03. The molecular weight excluding hydrogens is 326 g/mol. The van der Waals surface area contributed by atoms with Gasteiger partial charge in [0.25, 0.3) is 0 Å². The van der Waals surface area contributed by atoms with Crippen molar-refractivity contribution in [3.05, 3.63) is 27.7 Å². The van der Waals surface area contributed by atoms with Crippen LogP contribution in [0.3, 0.4) is 0 Å². The number of rotatable bonds is 6. The van der Waals surface area contributed by atoms with E-state index in [1.54, 1.807) is 18.4 Å². The summed E-state index contributed by atoms with van der Waals surface area (Å²) in [7, 11) is 1.66. The lowest BCUT2D eigenvalue weighted by Crippen LogP contribution is -2.15. The van der Waals surface area contributed by atoms with Gasteiger partial charge in [-0.1, -0.05) is 34.2 Å². The van der Waals surface area contributed by atoms with E-state index in [0.717, 1.165) is 45.3 Å². The zero-order valence-electron chi connectivity index (χ0n) is 10.9. The van der Waals surface area contributed by atoms with E-state index in [0.29, 0.717) is 0 Å². The molecule has 0 saturated heterocycles. The summed E-state index contributed by atoms with van der Waals surface area (Å²) in [4.78, 5) is 0. The van der Waals surface area contributed by atoms with Crippen molar-refractivity contribution >= 4 is 27.3 Å². The molecule has 0 radical (unpaired) electrons. The fourth-order valence-corrected chi connectivity index (χ4v) is 3.07. The number of benzene rings is 1. The first kappa shape index (κ1) is 14.4. The molecule has 0 fully saturated rings. The second-order valence-electron chi connectivity index (χ2n) is 3.95. The Morgan fingerprint density at radius 3 is 2.95 bits per heavy atom. The summed E-state index contributed by atoms with van der Waals surface area (Å²) < 4.78 is 6.25. The van der Waals surface area contributed by atoms with Crippen molar-refractivity contribution in [3.8, 4) is 16.3 Å². The minimum atomic E-state index is 0.822. The lowest BCUT2D eigenvalue weighted by atomic mass is 10.2. The molecule has 4 nitrogen and oxygen atoms in total. The van der Waals surface area contributed by atoms with E-state index in [2.05, 4.69) is 38.4 Å². The van der Waals surface area contributed by atoms with Crippen molar-refractivity contribution in [2.24, 2.45) is 0 Å². The number of ether oxygens (including phenoxy) is 1. The first-order chi connectivity index (χ1) is 9.24. The fraction of sp³-hybridized carbons (Fsp3) is 0.385. The van der Waals surface area contributed by atoms with Gasteiger partial charge in [-0.15, -0.1) is 10.2 Å². The highest BCUT2D eigenvalue weighted by Gasteiger charge is 2.11. The third-order valence-electron chi connectivity index (χ3n) is 2.64. The van der Waals surface area contributed by atoms with Crippen molar-refractivity contribution in [2.75, 3.05) is 20.2 Å². The van der Waals surface area contributed by atoms with Crippen molar-refractivity contribution in [2.45, 2.75) is 13.3 Å². The first-order valence-corrected chi connectivity index (χ1v) is 7.72. The van der Waals surface area contributed by atoms with Crippen LogP contribution in [0.1, 0.15) is 11.9 Å². The zero-order valence-corrected chi connectivity index (χ0v) is 13.3. The molecule has 1 heterocycles. The van der Waals surface area contributed by atoms with E-state index in [1.165, 1.54) is 0 Å². The third-order valence-corrected chi connectivity index (χ3v) is 4.34. The molecule has 0 unspecified atom stereocenters. The SMILES string of the molecule is CCNCCc1nnc(-c2cc(OC)ccc2Br)s1. The van der Waals surface area contributed by atoms with Crippen LogP contribution in [0.2, 0.25) is 0 Å². The average Bonchev–Trinajstić information content (AvgIpc) is 2.88. The largest absolute Gasteiger partial charge is 0.497 e. The molecule has 1 aromatic heterocycles. The van der Waals surface area contributed by atoms with Gasteiger partial charge in [0.2, 0.25) is 0 Å². The number of hydrogen-bond acceptors (Lipinski definition) is 5. The van der Waals surface area contributed by atoms with Crippen molar-refractivity contribution < 1.29 is 4.74 Å². The summed E-state index contributed by atoms with van der Waals surface area (Å²) in [6.07, 6.45) is 0.910. The highest BCUT2D eigenvalue weighted by atomic mass is 79.9. The summed E-state index contributed by atoms with van der Waals surface area (Å²) in [6, 6.07) is 5.85. The highest BCUT2D eigenvalue weighted by molar-refractivity contribution is 9.10. The number of hydrogen-bond donors (Lipinski definition) is 1. The number of likely N-dealkylation sites (N-methyl/N-ethyl adjacent to an activating group) is 1. The maximum atomic E-state index is 5.24. The molecule has 0 atom stereocenters. The first-order valence-electron chi connectivity index (χ1n) is 6.11. The number of methoxy groups -OCH3 is 1. The van der Waals surface area contributed by atoms with E-state index in [-0.39, 0.29) is 0 Å². The molecule has 0 aliphatic carbocycles. The lowest BCUT2D eigenvalue weighted by molar-refractivity contribution is 0.415. The third kappa shape index (κ3) is 3.75. The molecule has 0 bridgehead atoms. The number of nitrogens with zero attached hydrogens (tertiary/aromatic N) is 2. The Morgan fingerprint density at radius 2 is 2.21 bits per heavy atom. The van der Waals surface area contributed by atoms with E-state index in [1.807, 2.05) is 18.2 Å². The topological polar surface area (TPSA) is 47.0 Å². The van der Waals surface area contributed by atoms with Gasteiger partial charge in [-0.25, -0.2) is 0 Å². The van der Waals surface area contributed by atoms with E-state index >= 15 is 0 Å². The predicted molar refractivity (Wildman–Crippen MR) is 81.8 cm³/mol. The second-order valence-corrected chi connectivity index (χ2v) is 5.87. The van der Waals surface area contributed by atoms with E-state index in [9.17, 15) is 0 Å². The van der Waals surface area contributed by atoms with Crippen molar-refractivity contribution in [3.63, 3.8) is 0 Å². The summed E-state index contributed by atoms with van der Waals surface area (Å²) in [5.41, 5.74) is 1.02. The minimum Gasteiger partial charge on any atom is -0.497 e. The summed E-state index contributed by atoms with van der Waals surface area (Å²) in [5, 5.41) is 13.7. The molecule has 0 aliphatic heterocycles. The standard InChI is InChI=1S/C13H16BrN3OS/c1-3-15-7-6-12-16-17-13(19-12)10-8-9(18-2)4-5-11(10)14/h4-5,8,15H,3,6-7H2,1-2H3. The maximum absolute atomic E-state index is 5.24. The maximum Gasteiger partial charge on any atom is 0.149 e. The molecule has 0 spiro atoms. The van der Waals surface area contributed by atoms with Gasteiger partial charge in [0.15, 0.2) is 0 Å². The van der Waals surface area contributed by atoms with Crippen LogP contribution in [0, 0.1) is 0 Å². The average molecular weight is 342 g/mol. The minimum absolute atomic E-state index is 0.822. The Labute approximate surface area is 125 Å². The van der Waals surface area contributed by atoms with Crippen LogP contribution in [0.25, 0.3) is 10.6 Å². The molecular formula is C13H16BrN3OS. The summed E-state index contributed by atoms with van der Waals surface area (Å²) in [5.74, 6) is 0.822. The van der Waals surface area contributed by atoms with Gasteiger partial charge in [0.05, 0.1) is 7.11 Å². The normalized spacial score (nSPS) is 10.7. The van der Waals surface area contributed by atoms with Crippen LogP contribution in [0.5, 0.6) is 5.75 Å². The molecule has 102 valence electrons. The van der Waals surface area contributed by atoms with Crippen LogP contribution in [0.4, 0.5) is 0 Å². The second kappa shape index (κ2) is 6.98. The molecule has 1 N–H and O–H groups in total. The van der Waals surface area contributed by atoms with Crippen LogP contribution >= 0.6 is 27.3 Å². The van der Waals surface area contributed by atoms with Gasteiger partial charge in [-0.05, 0) is 24.7 Å². The van der Waals surface area contributed by atoms with Gasteiger partial charge in [-0.3, -0.25) is 0 Å². The Bertz CT molecular complexity index is 544. The fourth-order valence-electron chi connectivity index (χ4n) is 1.63. The van der Waals surface area contributed by atoms with Crippen LogP contribution in [0.15, 0.2) is 22.7 Å². The van der Waals surface area contributed by atoms with Gasteiger partial charge in [-0.2, -0.15) is 0 Å². The Morgan fingerprint density at radius 1 is 1.37 bits per heavy atom. The van der Waals surface area contributed by atoms with Crippen LogP contribution in [-0.2, 0) is 6.42 Å². The van der Waals surface area contributed by atoms with Crippen LogP contribution in [-0.4, -0.2) is 30.4 Å². The molecule has 6 heteroatoms. The molecule has 0 aliphatic rings. The monoisotopic (exact) mass is 341 g/mol. The van der Waals surface area contributed by atoms with Gasteiger partial charge in [0, 0.05) is 23.0 Å². The summed E-state index contributed by atoms with van der Waals surface area (Å²) >= 11 is 5.16. The van der Waals surface area contributed by atoms with Crippen molar-refractivity contribution in [1.29, 1.82) is 0 Å². The quantitative estimate of drug-likeness (QED) is 0.820. The Balaban J connectivity index is 2.17. The molecule has 0 saturated carbocycles. The number of nitrogens with one attached hydrogen (secondary N) is 1. The van der Waals surface area contributed by atoms with Gasteiger partial charge in [0.1, 0.15) is 15.8 Å².